The topological polar surface area (TPSA) is 26.3 Å². The molecular formula is C11H9IO2. The fraction of sp³-hybridized carbons (Fsp3) is 0.364. The van der Waals surface area contributed by atoms with Crippen molar-refractivity contribution in [2.45, 2.75) is 19.3 Å². The average molecular weight is 300 g/mol. The summed E-state index contributed by atoms with van der Waals surface area (Å²) < 4.78 is 6.70. The van der Waals surface area contributed by atoms with Gasteiger partial charge in [0.05, 0.1) is 10.2 Å². The van der Waals surface area contributed by atoms with Crippen molar-refractivity contribution in [1.82, 2.24) is 0 Å². The number of halogens is 1. The van der Waals surface area contributed by atoms with Crippen LogP contribution in [-0.4, -0.2) is 12.4 Å². The Kier molecular flexibility index (Phi) is 1.84. The molecule has 0 bridgehead atoms. The van der Waals surface area contributed by atoms with Gasteiger partial charge in [-0.25, -0.2) is 0 Å². The summed E-state index contributed by atoms with van der Waals surface area (Å²) in [5, 5.41) is 0. The highest BCUT2D eigenvalue weighted by molar-refractivity contribution is 14.1. The molecule has 3 heteroatoms. The van der Waals surface area contributed by atoms with Gasteiger partial charge in [-0.1, -0.05) is 0 Å². The first-order valence-corrected chi connectivity index (χ1v) is 5.85. The highest BCUT2D eigenvalue weighted by Gasteiger charge is 2.29. The first-order valence-electron chi connectivity index (χ1n) is 4.77. The van der Waals surface area contributed by atoms with Crippen molar-refractivity contribution in [2.75, 3.05) is 6.61 Å². The molecular weight excluding hydrogens is 291 g/mol. The van der Waals surface area contributed by atoms with E-state index in [0.717, 1.165) is 39.9 Å². The Balaban J connectivity index is 2.33. The summed E-state index contributed by atoms with van der Waals surface area (Å²) in [6, 6.07) is 2.10. The average Bonchev–Trinajstić information content (AvgIpc) is 2.72. The zero-order chi connectivity index (χ0) is 9.71. The molecule has 0 atom stereocenters. The van der Waals surface area contributed by atoms with Gasteiger partial charge in [0.15, 0.2) is 5.78 Å². The number of Topliss-reactive ketones (excluding diaryl/α,β-unsaturated/α-hetero) is 1. The molecule has 2 aliphatic rings. The van der Waals surface area contributed by atoms with Crippen molar-refractivity contribution < 1.29 is 9.53 Å². The number of benzene rings is 1. The molecule has 72 valence electrons. The van der Waals surface area contributed by atoms with Crippen molar-refractivity contribution in [1.29, 1.82) is 0 Å². The lowest BCUT2D eigenvalue weighted by Gasteiger charge is -2.06. The molecule has 0 saturated carbocycles. The zero-order valence-corrected chi connectivity index (χ0v) is 9.76. The summed E-state index contributed by atoms with van der Waals surface area (Å²) in [5.41, 5.74) is 3.36. The van der Waals surface area contributed by atoms with Crippen LogP contribution in [0.3, 0.4) is 0 Å². The lowest BCUT2D eigenvalue weighted by Crippen LogP contribution is -1.98. The SMILES string of the molecule is O=C1CCc2cc(I)c3c(c21)CCO3. The minimum absolute atomic E-state index is 0.304. The van der Waals surface area contributed by atoms with E-state index in [4.69, 9.17) is 4.74 Å². The quantitative estimate of drug-likeness (QED) is 0.688. The molecule has 0 radical (unpaired) electrons. The number of ketones is 1. The minimum atomic E-state index is 0.304. The van der Waals surface area contributed by atoms with Gasteiger partial charge < -0.3 is 4.74 Å². The van der Waals surface area contributed by atoms with Gasteiger partial charge >= 0.3 is 0 Å². The van der Waals surface area contributed by atoms with Crippen LogP contribution < -0.4 is 4.74 Å². The van der Waals surface area contributed by atoms with Crippen molar-refractivity contribution >= 4 is 28.4 Å². The van der Waals surface area contributed by atoms with Crippen LogP contribution in [0.25, 0.3) is 0 Å². The first-order chi connectivity index (χ1) is 6.77. The second-order valence-corrected chi connectivity index (χ2v) is 4.88. The predicted octanol–water partition coefficient (Wildman–Crippen LogP) is 2.36. The van der Waals surface area contributed by atoms with Gasteiger partial charge in [-0.05, 0) is 40.6 Å². The zero-order valence-electron chi connectivity index (χ0n) is 7.60. The molecule has 1 aromatic rings. The van der Waals surface area contributed by atoms with Gasteiger partial charge in [-0.15, -0.1) is 0 Å². The van der Waals surface area contributed by atoms with E-state index in [9.17, 15) is 4.79 Å². The Morgan fingerprint density at radius 3 is 3.00 bits per heavy atom. The second kappa shape index (κ2) is 2.95. The van der Waals surface area contributed by atoms with Crippen LogP contribution in [0.2, 0.25) is 0 Å². The number of carbonyl (C=O) groups excluding carboxylic acids is 1. The van der Waals surface area contributed by atoms with Crippen molar-refractivity contribution in [2.24, 2.45) is 0 Å². The third-order valence-corrected chi connectivity index (χ3v) is 3.71. The van der Waals surface area contributed by atoms with Gasteiger partial charge in [-0.3, -0.25) is 4.79 Å². The van der Waals surface area contributed by atoms with Crippen LogP contribution in [0.5, 0.6) is 5.75 Å². The van der Waals surface area contributed by atoms with Crippen LogP contribution in [0.15, 0.2) is 6.07 Å². The van der Waals surface area contributed by atoms with Crippen LogP contribution >= 0.6 is 22.6 Å². The fourth-order valence-corrected chi connectivity index (χ4v) is 3.17. The second-order valence-electron chi connectivity index (χ2n) is 3.72. The molecule has 2 nitrogen and oxygen atoms in total. The molecule has 0 aromatic heterocycles. The standard InChI is InChI=1S/C11H9IO2/c12-8-5-6-1-2-9(13)10(6)7-3-4-14-11(7)8/h5H,1-4H2. The molecule has 0 N–H and O–H groups in total. The summed E-state index contributed by atoms with van der Waals surface area (Å²) in [4.78, 5) is 11.7. The number of hydrogen-bond donors (Lipinski definition) is 0. The van der Waals surface area contributed by atoms with Gasteiger partial charge in [0.2, 0.25) is 0 Å². The Bertz CT molecular complexity index is 437. The van der Waals surface area contributed by atoms with E-state index in [0.29, 0.717) is 12.2 Å². The largest absolute Gasteiger partial charge is 0.492 e. The van der Waals surface area contributed by atoms with E-state index in [1.54, 1.807) is 0 Å². The Morgan fingerprint density at radius 1 is 1.29 bits per heavy atom. The monoisotopic (exact) mass is 300 g/mol. The third-order valence-electron chi connectivity index (χ3n) is 2.91. The summed E-state index contributed by atoms with van der Waals surface area (Å²) in [7, 11) is 0. The predicted molar refractivity (Wildman–Crippen MR) is 61.0 cm³/mol. The van der Waals surface area contributed by atoms with Gasteiger partial charge in [-0.2, -0.15) is 0 Å². The molecule has 0 unspecified atom stereocenters. The van der Waals surface area contributed by atoms with Crippen LogP contribution in [-0.2, 0) is 12.8 Å². The highest BCUT2D eigenvalue weighted by Crippen LogP contribution is 2.38. The Morgan fingerprint density at radius 2 is 2.14 bits per heavy atom. The van der Waals surface area contributed by atoms with Crippen LogP contribution in [0.4, 0.5) is 0 Å². The molecule has 1 aliphatic carbocycles. The summed E-state index contributed by atoms with van der Waals surface area (Å²) >= 11 is 2.29. The van der Waals surface area contributed by atoms with Crippen molar-refractivity contribution in [3.63, 3.8) is 0 Å². The normalized spacial score (nSPS) is 17.9. The van der Waals surface area contributed by atoms with Gasteiger partial charge in [0.25, 0.3) is 0 Å². The molecule has 0 saturated heterocycles. The van der Waals surface area contributed by atoms with Crippen LogP contribution in [0.1, 0.15) is 27.9 Å². The lowest BCUT2D eigenvalue weighted by atomic mass is 10.0. The number of fused-ring (bicyclic) bond motifs is 3. The lowest BCUT2D eigenvalue weighted by molar-refractivity contribution is 0.0994. The maximum absolute atomic E-state index is 11.7. The van der Waals surface area contributed by atoms with E-state index in [1.165, 1.54) is 5.56 Å². The molecule has 1 heterocycles. The van der Waals surface area contributed by atoms with E-state index in [1.807, 2.05) is 0 Å². The summed E-state index contributed by atoms with van der Waals surface area (Å²) in [6.45, 7) is 0.731. The number of hydrogen-bond acceptors (Lipinski definition) is 2. The highest BCUT2D eigenvalue weighted by atomic mass is 127. The Labute approximate surface area is 95.8 Å². The van der Waals surface area contributed by atoms with Crippen LogP contribution in [0, 0.1) is 3.57 Å². The van der Waals surface area contributed by atoms with E-state index in [2.05, 4.69) is 28.7 Å². The molecule has 0 amide bonds. The summed E-state index contributed by atoms with van der Waals surface area (Å²) in [6.07, 6.45) is 2.50. The number of rotatable bonds is 0. The van der Waals surface area contributed by atoms with E-state index < -0.39 is 0 Å². The molecule has 0 fully saturated rings. The molecule has 0 spiro atoms. The minimum Gasteiger partial charge on any atom is -0.492 e. The summed E-state index contributed by atoms with van der Waals surface area (Å²) in [5.74, 6) is 1.26. The maximum atomic E-state index is 11.7. The number of aryl methyl sites for hydroxylation is 1. The fourth-order valence-electron chi connectivity index (χ4n) is 2.31. The smallest absolute Gasteiger partial charge is 0.163 e. The molecule has 1 aromatic carbocycles. The third kappa shape index (κ3) is 1.05. The van der Waals surface area contributed by atoms with Crippen molar-refractivity contribution in [3.8, 4) is 5.75 Å². The van der Waals surface area contributed by atoms with Gasteiger partial charge in [0.1, 0.15) is 5.75 Å². The number of carbonyl (C=O) groups is 1. The van der Waals surface area contributed by atoms with E-state index in [-0.39, 0.29) is 0 Å². The molecule has 1 aliphatic heterocycles. The molecule has 14 heavy (non-hydrogen) atoms. The number of ether oxygens (including phenoxy) is 1. The van der Waals surface area contributed by atoms with Crippen molar-refractivity contribution in [3.05, 3.63) is 26.3 Å². The van der Waals surface area contributed by atoms with E-state index >= 15 is 0 Å². The first kappa shape index (κ1) is 8.71. The Hall–Kier alpha value is -0.580. The molecule has 3 rings (SSSR count). The van der Waals surface area contributed by atoms with Gasteiger partial charge in [0, 0.05) is 24.0 Å². The maximum Gasteiger partial charge on any atom is 0.163 e.